The van der Waals surface area contributed by atoms with Crippen LogP contribution in [-0.2, 0) is 9.59 Å². The van der Waals surface area contributed by atoms with Crippen molar-refractivity contribution in [2.75, 3.05) is 33.3 Å². The molecule has 2 amide bonds. The number of rotatable bonds is 4. The molecule has 1 aromatic rings. The molecule has 6 nitrogen and oxygen atoms in total. The van der Waals surface area contributed by atoms with Crippen molar-refractivity contribution in [1.29, 1.82) is 5.26 Å². The highest BCUT2D eigenvalue weighted by Gasteiger charge is 2.27. The molecule has 1 saturated heterocycles. The van der Waals surface area contributed by atoms with Gasteiger partial charge in [-0.05, 0) is 12.1 Å². The maximum Gasteiger partial charge on any atom is 0.242 e. The molecule has 0 spiro atoms. The van der Waals surface area contributed by atoms with Crippen molar-refractivity contribution in [2.45, 2.75) is 0 Å². The minimum absolute atomic E-state index is 0.0815. The van der Waals surface area contributed by atoms with Crippen LogP contribution in [0.5, 0.6) is 5.75 Å². The first-order chi connectivity index (χ1) is 9.61. The van der Waals surface area contributed by atoms with Crippen molar-refractivity contribution in [3.8, 4) is 11.8 Å². The minimum atomic E-state index is -0.0933. The minimum Gasteiger partial charge on any atom is -0.490 e. The Labute approximate surface area is 117 Å². The molecule has 0 radical (unpaired) electrons. The van der Waals surface area contributed by atoms with Crippen molar-refractivity contribution in [2.24, 2.45) is 0 Å². The first-order valence-corrected chi connectivity index (χ1v) is 6.25. The lowest BCUT2D eigenvalue weighted by Gasteiger charge is -2.31. The van der Waals surface area contributed by atoms with Gasteiger partial charge in [0.05, 0.1) is 25.2 Å². The lowest BCUT2D eigenvalue weighted by atomic mass is 10.2. The number of amides is 2. The molecule has 104 valence electrons. The van der Waals surface area contributed by atoms with Crippen LogP contribution in [-0.4, -0.2) is 54.9 Å². The Morgan fingerprint density at radius 2 is 2.00 bits per heavy atom. The van der Waals surface area contributed by atoms with Crippen molar-refractivity contribution < 1.29 is 14.3 Å². The summed E-state index contributed by atoms with van der Waals surface area (Å²) in [6.45, 7) is 0.770. The van der Waals surface area contributed by atoms with Gasteiger partial charge in [0, 0.05) is 7.05 Å². The van der Waals surface area contributed by atoms with Gasteiger partial charge in [-0.1, -0.05) is 12.1 Å². The lowest BCUT2D eigenvalue weighted by Crippen LogP contribution is -2.53. The second kappa shape index (κ2) is 6.06. The monoisotopic (exact) mass is 273 g/mol. The maximum absolute atomic E-state index is 11.7. The number of ether oxygens (including phenoxy) is 1. The van der Waals surface area contributed by atoms with Gasteiger partial charge in [0.15, 0.2) is 0 Å². The van der Waals surface area contributed by atoms with Crippen LogP contribution in [0.3, 0.4) is 0 Å². The summed E-state index contributed by atoms with van der Waals surface area (Å²) in [7, 11) is 1.61. The molecule has 0 aliphatic carbocycles. The predicted octanol–water partition coefficient (Wildman–Crippen LogP) is 0.238. The molecule has 0 aromatic heterocycles. The number of hydrogen-bond donors (Lipinski definition) is 0. The Balaban J connectivity index is 1.89. The van der Waals surface area contributed by atoms with E-state index in [1.807, 2.05) is 6.07 Å². The molecular formula is C14H15N3O3. The highest BCUT2D eigenvalue weighted by molar-refractivity contribution is 5.92. The number of benzene rings is 1. The summed E-state index contributed by atoms with van der Waals surface area (Å²) >= 11 is 0. The number of para-hydroxylation sites is 1. The van der Waals surface area contributed by atoms with Crippen LogP contribution >= 0.6 is 0 Å². The average Bonchev–Trinajstić information content (AvgIpc) is 2.45. The van der Waals surface area contributed by atoms with Crippen molar-refractivity contribution in [1.82, 2.24) is 9.80 Å². The molecule has 0 bridgehead atoms. The fraction of sp³-hybridized carbons (Fsp3) is 0.357. The number of nitrogens with zero attached hydrogens (tertiary/aromatic N) is 3. The third-order valence-electron chi connectivity index (χ3n) is 3.10. The molecule has 0 N–H and O–H groups in total. The van der Waals surface area contributed by atoms with E-state index in [1.165, 1.54) is 9.80 Å². The number of carbonyl (C=O) groups excluding carboxylic acids is 2. The lowest BCUT2D eigenvalue weighted by molar-refractivity contribution is -0.149. The molecule has 0 unspecified atom stereocenters. The van der Waals surface area contributed by atoms with Gasteiger partial charge in [-0.15, -0.1) is 0 Å². The van der Waals surface area contributed by atoms with E-state index in [1.54, 1.807) is 31.3 Å². The van der Waals surface area contributed by atoms with Gasteiger partial charge in [0.1, 0.15) is 18.4 Å². The van der Waals surface area contributed by atoms with Crippen molar-refractivity contribution in [3.05, 3.63) is 29.8 Å². The first-order valence-electron chi connectivity index (χ1n) is 6.25. The molecule has 1 aliphatic rings. The van der Waals surface area contributed by atoms with Crippen molar-refractivity contribution >= 4 is 11.8 Å². The molecule has 20 heavy (non-hydrogen) atoms. The van der Waals surface area contributed by atoms with E-state index in [9.17, 15) is 9.59 Å². The molecule has 0 atom stereocenters. The summed E-state index contributed by atoms with van der Waals surface area (Å²) < 4.78 is 5.50. The second-order valence-corrected chi connectivity index (χ2v) is 4.52. The zero-order chi connectivity index (χ0) is 14.5. The summed E-state index contributed by atoms with van der Waals surface area (Å²) in [5, 5.41) is 8.93. The Hall–Kier alpha value is -2.55. The smallest absolute Gasteiger partial charge is 0.242 e. The normalized spacial score (nSPS) is 15.2. The second-order valence-electron chi connectivity index (χ2n) is 4.52. The van der Waals surface area contributed by atoms with E-state index >= 15 is 0 Å². The van der Waals surface area contributed by atoms with E-state index in [2.05, 4.69) is 0 Å². The first kappa shape index (κ1) is 13.9. The summed E-state index contributed by atoms with van der Waals surface area (Å²) in [4.78, 5) is 26.1. The van der Waals surface area contributed by atoms with Crippen LogP contribution in [0.2, 0.25) is 0 Å². The highest BCUT2D eigenvalue weighted by Crippen LogP contribution is 2.16. The number of hydrogen-bond acceptors (Lipinski definition) is 4. The van der Waals surface area contributed by atoms with Crippen LogP contribution < -0.4 is 4.74 Å². The van der Waals surface area contributed by atoms with E-state index in [0.717, 1.165) is 0 Å². The summed E-state index contributed by atoms with van der Waals surface area (Å²) in [6, 6.07) is 8.95. The molecule has 1 heterocycles. The number of nitriles is 1. The number of piperazine rings is 1. The molecule has 1 aromatic carbocycles. The van der Waals surface area contributed by atoms with Gasteiger partial charge in [0.2, 0.25) is 11.8 Å². The largest absolute Gasteiger partial charge is 0.490 e. The SMILES string of the molecule is CN1CC(=O)N(CCOc2ccccc2C#N)CC1=O. The zero-order valence-electron chi connectivity index (χ0n) is 11.2. The third kappa shape index (κ3) is 3.06. The third-order valence-corrected chi connectivity index (χ3v) is 3.10. The van der Waals surface area contributed by atoms with Crippen molar-refractivity contribution in [3.63, 3.8) is 0 Å². The quantitative estimate of drug-likeness (QED) is 0.787. The predicted molar refractivity (Wildman–Crippen MR) is 70.9 cm³/mol. The Bertz CT molecular complexity index is 565. The standard InChI is InChI=1S/C14H15N3O3/c1-16-9-14(19)17(10-13(16)18)6-7-20-12-5-3-2-4-11(12)8-15/h2-5H,6-7,9-10H2,1H3. The molecular weight excluding hydrogens is 258 g/mol. The number of likely N-dealkylation sites (N-methyl/N-ethyl adjacent to an activating group) is 1. The zero-order valence-corrected chi connectivity index (χ0v) is 11.2. The molecule has 2 rings (SSSR count). The van der Waals surface area contributed by atoms with Crippen LogP contribution in [0.25, 0.3) is 0 Å². The summed E-state index contributed by atoms with van der Waals surface area (Å²) in [5.74, 6) is 0.314. The summed E-state index contributed by atoms with van der Waals surface area (Å²) in [6.07, 6.45) is 0. The van der Waals surface area contributed by atoms with E-state index in [4.69, 9.17) is 10.00 Å². The van der Waals surface area contributed by atoms with Gasteiger partial charge in [-0.3, -0.25) is 9.59 Å². The fourth-order valence-corrected chi connectivity index (χ4v) is 1.92. The maximum atomic E-state index is 11.7. The van der Waals surface area contributed by atoms with Gasteiger partial charge >= 0.3 is 0 Å². The van der Waals surface area contributed by atoms with Crippen LogP contribution in [0.4, 0.5) is 0 Å². The van der Waals surface area contributed by atoms with E-state index in [0.29, 0.717) is 17.9 Å². The molecule has 1 aliphatic heterocycles. The van der Waals surface area contributed by atoms with Crippen LogP contribution in [0.15, 0.2) is 24.3 Å². The Morgan fingerprint density at radius 3 is 2.75 bits per heavy atom. The van der Waals surface area contributed by atoms with Gasteiger partial charge in [-0.2, -0.15) is 5.26 Å². The van der Waals surface area contributed by atoms with Gasteiger partial charge < -0.3 is 14.5 Å². The molecule has 6 heteroatoms. The van der Waals surface area contributed by atoms with Crippen LogP contribution in [0, 0.1) is 11.3 Å². The van der Waals surface area contributed by atoms with Crippen LogP contribution in [0.1, 0.15) is 5.56 Å². The fourth-order valence-electron chi connectivity index (χ4n) is 1.92. The van der Waals surface area contributed by atoms with Gasteiger partial charge in [0.25, 0.3) is 0 Å². The molecule has 1 fully saturated rings. The topological polar surface area (TPSA) is 73.6 Å². The van der Waals surface area contributed by atoms with E-state index in [-0.39, 0.29) is 31.5 Å². The Morgan fingerprint density at radius 1 is 1.25 bits per heavy atom. The molecule has 0 saturated carbocycles. The highest BCUT2D eigenvalue weighted by atomic mass is 16.5. The average molecular weight is 273 g/mol. The van der Waals surface area contributed by atoms with E-state index < -0.39 is 0 Å². The Kier molecular flexibility index (Phi) is 4.20. The number of carbonyl (C=O) groups is 2. The summed E-state index contributed by atoms with van der Waals surface area (Å²) in [5.41, 5.74) is 0.452. The van der Waals surface area contributed by atoms with Gasteiger partial charge in [-0.25, -0.2) is 0 Å².